The van der Waals surface area contributed by atoms with E-state index >= 15 is 0 Å². The van der Waals surface area contributed by atoms with E-state index in [9.17, 15) is 10.2 Å². The van der Waals surface area contributed by atoms with Crippen LogP contribution in [0.1, 0.15) is 87.8 Å². The van der Waals surface area contributed by atoms with Crippen LogP contribution in [0.3, 0.4) is 0 Å². The van der Waals surface area contributed by atoms with E-state index in [1.807, 2.05) is 107 Å². The molecule has 9 heteroatoms. The maximum Gasteiger partial charge on any atom is 3.00 e. The van der Waals surface area contributed by atoms with E-state index in [4.69, 9.17) is 14.5 Å². The van der Waals surface area contributed by atoms with Gasteiger partial charge in [-0.1, -0.05) is 185 Å². The van der Waals surface area contributed by atoms with Crippen LogP contribution in [0.15, 0.2) is 103 Å². The van der Waals surface area contributed by atoms with Crippen LogP contribution in [-0.2, 0) is 53.0 Å². The van der Waals surface area contributed by atoms with E-state index in [1.54, 1.807) is 0 Å². The molecule has 0 bridgehead atoms. The van der Waals surface area contributed by atoms with Crippen LogP contribution in [0.2, 0.25) is 26.2 Å². The fourth-order valence-corrected chi connectivity index (χ4v) is 11.7. The van der Waals surface area contributed by atoms with Crippen LogP contribution in [0, 0.1) is 13.8 Å². The third-order valence-corrected chi connectivity index (χ3v) is 14.7. The Hall–Kier alpha value is -2.95. The molecule has 58 heavy (non-hydrogen) atoms. The van der Waals surface area contributed by atoms with E-state index in [1.165, 1.54) is 12.8 Å². The predicted molar refractivity (Wildman–Crippen MR) is 244 cm³/mol. The average molecular weight is 893 g/mol. The summed E-state index contributed by atoms with van der Waals surface area (Å²) in [5.41, 5.74) is 6.88. The molecule has 308 valence electrons. The van der Waals surface area contributed by atoms with Crippen molar-refractivity contribution in [2.24, 2.45) is 0 Å². The maximum absolute atomic E-state index is 14.0. The number of nitrogens with zero attached hydrogens (tertiary/aromatic N) is 2. The summed E-state index contributed by atoms with van der Waals surface area (Å²) in [5.74, 6) is -0.0804. The molecule has 6 nitrogen and oxygen atoms in total. The molecule has 0 unspecified atom stereocenters. The summed E-state index contributed by atoms with van der Waals surface area (Å²) in [6.45, 7) is 29.1. The van der Waals surface area contributed by atoms with Gasteiger partial charge in [-0.2, -0.15) is 0 Å². The minimum Gasteiger partial charge on any atom is -0.872 e. The summed E-state index contributed by atoms with van der Waals surface area (Å²) < 4.78 is 14.3. The Bertz CT molecular complexity index is 1810. The average Bonchev–Trinajstić information content (AvgIpc) is 3.78. The Balaban J connectivity index is 0.000000537. The zero-order valence-electron chi connectivity index (χ0n) is 37.3. The Morgan fingerprint density at radius 2 is 1.00 bits per heavy atom. The standard InChI is InChI=1S/C37H37NO2.C4H14NSi2.C4H8O.C4H10O.Y/c1-24-20-28(34(39)30(22-24)36(3,4)26-14-9-7-10-15-26)32-18-13-19-33(38-32)29-21-25(2)23-31(35(29)40)37(5,6)27-16-11-8-12-17-27;1-6(2)5-7(3)4;1-2-4-5-3-1;1-3-5-4-2;/h7-23,39-40H,1-6H3;6-7H,1-4H3;1-4H2;3-4H2,1-2H3;/q;-1;;;+3/p-2. The molecule has 1 aliphatic heterocycles. The minimum absolute atomic E-state index is 0. The molecule has 6 rings (SSSR count). The summed E-state index contributed by atoms with van der Waals surface area (Å²) in [6.07, 6.45) is 2.56. The Labute approximate surface area is 379 Å². The van der Waals surface area contributed by atoms with E-state index < -0.39 is 28.7 Å². The van der Waals surface area contributed by atoms with Crippen molar-refractivity contribution in [3.05, 3.63) is 141 Å². The second-order valence-electron chi connectivity index (χ2n) is 16.2. The predicted octanol–water partition coefficient (Wildman–Crippen LogP) is 11.0. The minimum atomic E-state index is -0.542. The summed E-state index contributed by atoms with van der Waals surface area (Å²) in [6, 6.07) is 33.6. The van der Waals surface area contributed by atoms with Crippen molar-refractivity contribution < 1.29 is 52.4 Å². The van der Waals surface area contributed by atoms with Crippen LogP contribution in [0.25, 0.3) is 27.2 Å². The maximum atomic E-state index is 14.0. The van der Waals surface area contributed by atoms with Gasteiger partial charge in [0.05, 0.1) is 11.4 Å². The molecule has 1 aliphatic rings. The monoisotopic (exact) mass is 892 g/mol. The number of hydrogen-bond acceptors (Lipinski definition) is 5. The van der Waals surface area contributed by atoms with Crippen LogP contribution >= 0.6 is 0 Å². The van der Waals surface area contributed by atoms with Crippen molar-refractivity contribution in [3.63, 3.8) is 0 Å². The molecule has 1 fully saturated rings. The van der Waals surface area contributed by atoms with Gasteiger partial charge in [0.2, 0.25) is 0 Å². The molecule has 0 atom stereocenters. The molecule has 2 heterocycles. The van der Waals surface area contributed by atoms with Gasteiger partial charge in [-0.15, -0.1) is 0 Å². The quantitative estimate of drug-likeness (QED) is 0.130. The molecule has 4 aromatic carbocycles. The van der Waals surface area contributed by atoms with Crippen LogP contribution in [0.4, 0.5) is 0 Å². The second kappa shape index (κ2) is 25.0. The largest absolute Gasteiger partial charge is 3.00 e. The van der Waals surface area contributed by atoms with E-state index in [0.717, 1.165) is 59.8 Å². The number of hydrogen-bond donors (Lipinski definition) is 0. The van der Waals surface area contributed by atoms with Crippen LogP contribution < -0.4 is 10.2 Å². The molecule has 0 spiro atoms. The first kappa shape index (κ1) is 51.2. The summed E-state index contributed by atoms with van der Waals surface area (Å²) >= 11 is 0. The van der Waals surface area contributed by atoms with Crippen molar-refractivity contribution >= 4 is 17.9 Å². The molecule has 0 saturated carbocycles. The number of aryl methyl sites for hydroxylation is 2. The van der Waals surface area contributed by atoms with E-state index in [2.05, 4.69) is 82.8 Å². The van der Waals surface area contributed by atoms with Crippen molar-refractivity contribution in [1.29, 1.82) is 0 Å². The molecule has 5 aromatic rings. The smallest absolute Gasteiger partial charge is 0.872 e. The summed E-state index contributed by atoms with van der Waals surface area (Å²) in [7, 11) is -1.08. The molecule has 1 saturated heterocycles. The number of pyridine rings is 1. The van der Waals surface area contributed by atoms with Gasteiger partial charge in [-0.3, -0.25) is 0 Å². The number of ether oxygens (including phenoxy) is 2. The molecule has 0 aliphatic carbocycles. The molecule has 0 radical (unpaired) electrons. The fourth-order valence-electron chi connectivity index (χ4n) is 6.92. The third kappa shape index (κ3) is 14.9. The van der Waals surface area contributed by atoms with Gasteiger partial charge in [0, 0.05) is 37.3 Å². The Kier molecular flexibility index (Phi) is 22.0. The zero-order chi connectivity index (χ0) is 42.2. The first-order chi connectivity index (χ1) is 27.0. The first-order valence-corrected chi connectivity index (χ1v) is 26.3. The Morgan fingerprint density at radius 3 is 1.28 bits per heavy atom. The third-order valence-electron chi connectivity index (χ3n) is 9.94. The van der Waals surface area contributed by atoms with Crippen molar-refractivity contribution in [2.75, 3.05) is 26.4 Å². The van der Waals surface area contributed by atoms with Gasteiger partial charge >= 0.3 is 32.7 Å². The Morgan fingerprint density at radius 1 is 0.621 bits per heavy atom. The second-order valence-corrected chi connectivity index (χ2v) is 21.8. The van der Waals surface area contributed by atoms with E-state index in [-0.39, 0.29) is 44.2 Å². The topological polar surface area (TPSA) is 91.6 Å². The van der Waals surface area contributed by atoms with E-state index in [0.29, 0.717) is 22.5 Å². The molecule has 0 N–H and O–H groups in total. The van der Waals surface area contributed by atoms with Crippen LogP contribution in [-0.4, -0.2) is 49.3 Å². The molecular weight excluding hydrogens is 826 g/mol. The first-order valence-electron chi connectivity index (χ1n) is 20.6. The normalized spacial score (nSPS) is 12.4. The number of rotatable bonds is 10. The van der Waals surface area contributed by atoms with Gasteiger partial charge in [0.25, 0.3) is 0 Å². The van der Waals surface area contributed by atoms with Gasteiger partial charge in [-0.05, 0) is 86.1 Å². The molecule has 0 amide bonds. The SMILES string of the molecule is C1CCOC1.CCOCC.C[SiH](C)[N-][SiH](C)C.Cc1cc(-c2cccc(-c3cc(C)cc(C(C)(C)c4ccccc4)c3[O-])n2)c([O-])c(C(C)(C)c2ccccc2)c1.[Y+3]. The van der Waals surface area contributed by atoms with Gasteiger partial charge < -0.3 is 24.3 Å². The van der Waals surface area contributed by atoms with Crippen molar-refractivity contribution in [2.45, 2.75) is 105 Å². The summed E-state index contributed by atoms with van der Waals surface area (Å²) in [4.78, 5) is 4.91. The van der Waals surface area contributed by atoms with Gasteiger partial charge in [0.1, 0.15) is 0 Å². The van der Waals surface area contributed by atoms with Gasteiger partial charge in [0.15, 0.2) is 0 Å². The van der Waals surface area contributed by atoms with Crippen molar-refractivity contribution in [3.8, 4) is 34.0 Å². The fraction of sp³-hybridized carbons (Fsp3) is 0.408. The molecular formula is C49H67N2O4Si2Y. The molecule has 1 aromatic heterocycles. The number of aromatic nitrogens is 1. The zero-order valence-corrected chi connectivity index (χ0v) is 42.5. The number of benzene rings is 4. The summed E-state index contributed by atoms with van der Waals surface area (Å²) in [5, 5.41) is 27.9. The van der Waals surface area contributed by atoms with Crippen molar-refractivity contribution in [1.82, 2.24) is 4.98 Å². The van der Waals surface area contributed by atoms with Crippen LogP contribution in [0.5, 0.6) is 11.5 Å². The van der Waals surface area contributed by atoms with Gasteiger partial charge in [-0.25, -0.2) is 4.98 Å².